The molecule has 4 heteroatoms. The molecule has 2 heterocycles. The average Bonchev–Trinajstić information content (AvgIpc) is 3.00. The fourth-order valence-electron chi connectivity index (χ4n) is 3.60. The second-order valence-electron chi connectivity index (χ2n) is 6.68. The van der Waals surface area contributed by atoms with E-state index in [9.17, 15) is 0 Å². The van der Waals surface area contributed by atoms with Crippen molar-refractivity contribution in [3.8, 4) is 16.9 Å². The van der Waals surface area contributed by atoms with Crippen LogP contribution in [0, 0.1) is 6.92 Å². The van der Waals surface area contributed by atoms with Gasteiger partial charge in [0.2, 0.25) is 0 Å². The molecule has 1 aromatic heterocycles. The van der Waals surface area contributed by atoms with Crippen molar-refractivity contribution in [2.45, 2.75) is 13.5 Å². The van der Waals surface area contributed by atoms with Gasteiger partial charge in [0.1, 0.15) is 0 Å². The van der Waals surface area contributed by atoms with Crippen molar-refractivity contribution >= 4 is 23.4 Å². The van der Waals surface area contributed by atoms with Gasteiger partial charge in [-0.15, -0.1) is 0 Å². The lowest BCUT2D eigenvalue weighted by Gasteiger charge is -2.26. The maximum Gasteiger partial charge on any atom is 0.0549 e. The minimum atomic E-state index is 0.795. The maximum absolute atomic E-state index is 6.55. The second-order valence-corrected chi connectivity index (χ2v) is 8.31. The monoisotopic (exact) mass is 382 g/mol. The lowest BCUT2D eigenvalue weighted by molar-refractivity contribution is 0.294. The van der Waals surface area contributed by atoms with Gasteiger partial charge in [0.25, 0.3) is 0 Å². The van der Waals surface area contributed by atoms with Crippen LogP contribution in [0.15, 0.2) is 60.7 Å². The Kier molecular flexibility index (Phi) is 5.39. The van der Waals surface area contributed by atoms with Gasteiger partial charge >= 0.3 is 0 Å². The number of thioether (sulfide) groups is 1. The summed E-state index contributed by atoms with van der Waals surface area (Å²) in [4.78, 5) is 2.56. The molecule has 26 heavy (non-hydrogen) atoms. The van der Waals surface area contributed by atoms with E-state index in [0.29, 0.717) is 0 Å². The Morgan fingerprint density at radius 1 is 0.962 bits per heavy atom. The summed E-state index contributed by atoms with van der Waals surface area (Å²) in [5.74, 6) is 2.46. The summed E-state index contributed by atoms with van der Waals surface area (Å²) >= 11 is 8.60. The van der Waals surface area contributed by atoms with Crippen LogP contribution in [0.5, 0.6) is 0 Å². The molecule has 1 aliphatic heterocycles. The van der Waals surface area contributed by atoms with Crippen molar-refractivity contribution in [3.05, 3.63) is 76.9 Å². The molecule has 1 fully saturated rings. The molecule has 1 aliphatic rings. The third kappa shape index (κ3) is 3.57. The van der Waals surface area contributed by atoms with Gasteiger partial charge in [-0.1, -0.05) is 48.0 Å². The highest BCUT2D eigenvalue weighted by molar-refractivity contribution is 7.99. The Bertz CT molecular complexity index is 882. The SMILES string of the molecule is Cc1c(CN2CCSCC2)cc(-c2ccccc2Cl)n1-c1ccccc1. The highest BCUT2D eigenvalue weighted by Crippen LogP contribution is 2.34. The Balaban J connectivity index is 1.81. The van der Waals surface area contributed by atoms with Crippen molar-refractivity contribution < 1.29 is 0 Å². The summed E-state index contributed by atoms with van der Waals surface area (Å²) in [6.45, 7) is 5.56. The van der Waals surface area contributed by atoms with Gasteiger partial charge in [-0.05, 0) is 36.8 Å². The lowest BCUT2D eigenvalue weighted by atomic mass is 10.1. The summed E-state index contributed by atoms with van der Waals surface area (Å²) in [5, 5.41) is 0.795. The van der Waals surface area contributed by atoms with Gasteiger partial charge in [-0.2, -0.15) is 11.8 Å². The minimum Gasteiger partial charge on any atom is -0.314 e. The molecule has 0 atom stereocenters. The van der Waals surface area contributed by atoms with Crippen molar-refractivity contribution in [1.82, 2.24) is 9.47 Å². The molecule has 3 aromatic rings. The van der Waals surface area contributed by atoms with Crippen molar-refractivity contribution in [2.24, 2.45) is 0 Å². The van der Waals surface area contributed by atoms with E-state index in [-0.39, 0.29) is 0 Å². The van der Waals surface area contributed by atoms with Gasteiger partial charge in [-0.3, -0.25) is 4.90 Å². The average molecular weight is 383 g/mol. The highest BCUT2D eigenvalue weighted by atomic mass is 35.5. The number of hydrogen-bond donors (Lipinski definition) is 0. The van der Waals surface area contributed by atoms with Crippen LogP contribution in [-0.4, -0.2) is 34.1 Å². The van der Waals surface area contributed by atoms with Gasteiger partial charge in [0, 0.05) is 53.1 Å². The number of para-hydroxylation sites is 1. The number of rotatable bonds is 4. The van der Waals surface area contributed by atoms with E-state index in [1.54, 1.807) is 0 Å². The Morgan fingerprint density at radius 3 is 2.38 bits per heavy atom. The van der Waals surface area contributed by atoms with Crippen molar-refractivity contribution in [1.29, 1.82) is 0 Å². The highest BCUT2D eigenvalue weighted by Gasteiger charge is 2.19. The first-order valence-electron chi connectivity index (χ1n) is 9.05. The molecular weight excluding hydrogens is 360 g/mol. The Morgan fingerprint density at radius 2 is 1.65 bits per heavy atom. The van der Waals surface area contributed by atoms with Crippen LogP contribution in [0.4, 0.5) is 0 Å². The van der Waals surface area contributed by atoms with Crippen molar-refractivity contribution in [3.63, 3.8) is 0 Å². The predicted octanol–water partition coefficient (Wildman–Crippen LogP) is 5.65. The molecule has 0 aliphatic carbocycles. The summed E-state index contributed by atoms with van der Waals surface area (Å²) in [7, 11) is 0. The van der Waals surface area contributed by atoms with E-state index >= 15 is 0 Å². The summed E-state index contributed by atoms with van der Waals surface area (Å²) < 4.78 is 2.34. The molecule has 4 rings (SSSR count). The second kappa shape index (κ2) is 7.91. The molecule has 0 amide bonds. The zero-order valence-electron chi connectivity index (χ0n) is 15.0. The largest absolute Gasteiger partial charge is 0.314 e. The first-order valence-corrected chi connectivity index (χ1v) is 10.6. The Hall–Kier alpha value is -1.68. The molecule has 0 saturated carbocycles. The number of nitrogens with zero attached hydrogens (tertiary/aromatic N) is 2. The number of hydrogen-bond acceptors (Lipinski definition) is 2. The molecule has 0 N–H and O–H groups in total. The number of halogens is 1. The molecule has 2 nitrogen and oxygen atoms in total. The van der Waals surface area contributed by atoms with Crippen LogP contribution < -0.4 is 0 Å². The van der Waals surface area contributed by atoms with Gasteiger partial charge in [-0.25, -0.2) is 0 Å². The zero-order valence-corrected chi connectivity index (χ0v) is 16.6. The van der Waals surface area contributed by atoms with Crippen molar-refractivity contribution in [2.75, 3.05) is 24.6 Å². The molecule has 0 spiro atoms. The standard InChI is InChI=1S/C22H23ClN2S/c1-17-18(16-24-11-13-26-14-12-24)15-22(20-9-5-6-10-21(20)23)25(17)19-7-3-2-4-8-19/h2-10,15H,11-14,16H2,1H3. The first-order chi connectivity index (χ1) is 12.7. The normalized spacial score (nSPS) is 15.3. The molecule has 134 valence electrons. The summed E-state index contributed by atoms with van der Waals surface area (Å²) in [5.41, 5.74) is 6.11. The maximum atomic E-state index is 6.55. The summed E-state index contributed by atoms with van der Waals surface area (Å²) in [6, 6.07) is 21.0. The van der Waals surface area contributed by atoms with Gasteiger partial charge < -0.3 is 4.57 Å². The van der Waals surface area contributed by atoms with Crippen LogP contribution in [-0.2, 0) is 6.54 Å². The third-order valence-electron chi connectivity index (χ3n) is 5.01. The van der Waals surface area contributed by atoms with Crippen LogP contribution in [0.3, 0.4) is 0 Å². The molecule has 0 radical (unpaired) electrons. The van der Waals surface area contributed by atoms with Crippen LogP contribution in [0.2, 0.25) is 5.02 Å². The topological polar surface area (TPSA) is 8.17 Å². The molecule has 2 aromatic carbocycles. The fourth-order valence-corrected chi connectivity index (χ4v) is 4.81. The van der Waals surface area contributed by atoms with E-state index in [1.165, 1.54) is 47.2 Å². The number of benzene rings is 2. The third-order valence-corrected chi connectivity index (χ3v) is 6.29. The van der Waals surface area contributed by atoms with E-state index in [2.05, 4.69) is 76.7 Å². The van der Waals surface area contributed by atoms with E-state index in [0.717, 1.165) is 17.1 Å². The quantitative estimate of drug-likeness (QED) is 0.575. The Labute approximate surface area is 164 Å². The van der Waals surface area contributed by atoms with Crippen LogP contribution >= 0.6 is 23.4 Å². The van der Waals surface area contributed by atoms with Crippen LogP contribution in [0.25, 0.3) is 16.9 Å². The van der Waals surface area contributed by atoms with E-state index in [4.69, 9.17) is 11.6 Å². The minimum absolute atomic E-state index is 0.795. The smallest absolute Gasteiger partial charge is 0.0549 e. The van der Waals surface area contributed by atoms with E-state index < -0.39 is 0 Å². The van der Waals surface area contributed by atoms with Gasteiger partial charge in [0.05, 0.1) is 5.69 Å². The molecule has 0 bridgehead atoms. The van der Waals surface area contributed by atoms with Crippen LogP contribution in [0.1, 0.15) is 11.3 Å². The van der Waals surface area contributed by atoms with Gasteiger partial charge in [0.15, 0.2) is 0 Å². The number of aromatic nitrogens is 1. The summed E-state index contributed by atoms with van der Waals surface area (Å²) in [6.07, 6.45) is 0. The first kappa shape index (κ1) is 17.7. The zero-order chi connectivity index (χ0) is 17.9. The molecular formula is C22H23ClN2S. The molecule has 1 saturated heterocycles. The fraction of sp³-hybridized carbons (Fsp3) is 0.273. The molecule has 0 unspecified atom stereocenters. The predicted molar refractivity (Wildman–Crippen MR) is 114 cm³/mol. The van der Waals surface area contributed by atoms with E-state index in [1.807, 2.05) is 12.1 Å². The lowest BCUT2D eigenvalue weighted by Crippen LogP contribution is -2.32.